The molecule has 6 nitrogen and oxygen atoms in total. The molecule has 3 heterocycles. The highest BCUT2D eigenvalue weighted by molar-refractivity contribution is 5.89. The summed E-state index contributed by atoms with van der Waals surface area (Å²) in [5.41, 5.74) is 0. The summed E-state index contributed by atoms with van der Waals surface area (Å²) in [4.78, 5) is 28.6. The minimum absolute atomic E-state index is 0.00611. The molecule has 2 aliphatic rings. The molecule has 2 aliphatic heterocycles. The van der Waals surface area contributed by atoms with Gasteiger partial charge in [0.15, 0.2) is 0 Å². The molecular weight excluding hydrogens is 318 g/mol. The van der Waals surface area contributed by atoms with E-state index in [-0.39, 0.29) is 17.7 Å². The monoisotopic (exact) mass is 347 g/mol. The molecule has 2 amide bonds. The minimum atomic E-state index is -0.248. The lowest BCUT2D eigenvalue weighted by Crippen LogP contribution is -2.43. The maximum atomic E-state index is 12.4. The Labute approximate surface area is 149 Å². The Morgan fingerprint density at radius 2 is 2.04 bits per heavy atom. The summed E-state index contributed by atoms with van der Waals surface area (Å²) >= 11 is 0. The first-order valence-electron chi connectivity index (χ1n) is 9.31. The number of carbonyl (C=O) groups is 2. The van der Waals surface area contributed by atoms with Crippen molar-refractivity contribution in [3.8, 4) is 0 Å². The molecule has 1 aromatic rings. The van der Waals surface area contributed by atoms with E-state index in [0.717, 1.165) is 37.2 Å². The normalized spacial score (nSPS) is 27.7. The number of nitrogens with one attached hydrogen (secondary N) is 1. The van der Waals surface area contributed by atoms with E-state index in [1.165, 1.54) is 6.42 Å². The first-order valence-corrected chi connectivity index (χ1v) is 9.31. The van der Waals surface area contributed by atoms with Crippen molar-refractivity contribution in [3.05, 3.63) is 24.2 Å². The molecule has 0 aromatic carbocycles. The molecule has 1 aromatic heterocycles. The zero-order valence-electron chi connectivity index (χ0n) is 15.2. The maximum Gasteiger partial charge on any atom is 0.225 e. The molecule has 3 unspecified atom stereocenters. The molecule has 2 saturated heterocycles. The van der Waals surface area contributed by atoms with Crippen LogP contribution in [0, 0.1) is 17.8 Å². The molecular formula is C19H29N3O3. The third-order valence-electron chi connectivity index (χ3n) is 5.18. The SMILES string of the molecule is CC1CC(C)CN(CCNC(=O)C2CC(=O)N(Cc3ccco3)C2)C1. The van der Waals surface area contributed by atoms with Crippen molar-refractivity contribution in [1.82, 2.24) is 15.1 Å². The van der Waals surface area contributed by atoms with Crippen LogP contribution in [0.25, 0.3) is 0 Å². The van der Waals surface area contributed by atoms with Crippen LogP contribution in [0.5, 0.6) is 0 Å². The van der Waals surface area contributed by atoms with E-state index in [2.05, 4.69) is 24.1 Å². The molecule has 6 heteroatoms. The average molecular weight is 347 g/mol. The Hall–Kier alpha value is -1.82. The molecule has 0 spiro atoms. The van der Waals surface area contributed by atoms with Crippen molar-refractivity contribution in [2.45, 2.75) is 33.2 Å². The van der Waals surface area contributed by atoms with Gasteiger partial charge in [-0.05, 0) is 30.4 Å². The number of nitrogens with zero attached hydrogens (tertiary/aromatic N) is 2. The highest BCUT2D eigenvalue weighted by Crippen LogP contribution is 2.21. The molecule has 0 saturated carbocycles. The molecule has 3 atom stereocenters. The van der Waals surface area contributed by atoms with E-state index in [1.54, 1.807) is 11.2 Å². The molecule has 2 fully saturated rings. The van der Waals surface area contributed by atoms with Crippen molar-refractivity contribution in [3.63, 3.8) is 0 Å². The van der Waals surface area contributed by atoms with Crippen molar-refractivity contribution < 1.29 is 14.0 Å². The first-order chi connectivity index (χ1) is 12.0. The number of carbonyl (C=O) groups excluding carboxylic acids is 2. The zero-order valence-corrected chi connectivity index (χ0v) is 15.2. The van der Waals surface area contributed by atoms with E-state index < -0.39 is 0 Å². The van der Waals surface area contributed by atoms with Crippen LogP contribution in [0.4, 0.5) is 0 Å². The lowest BCUT2D eigenvalue weighted by atomic mass is 9.92. The van der Waals surface area contributed by atoms with Gasteiger partial charge < -0.3 is 19.5 Å². The Bertz CT molecular complexity index is 577. The minimum Gasteiger partial charge on any atom is -0.467 e. The van der Waals surface area contributed by atoms with Gasteiger partial charge in [-0.2, -0.15) is 0 Å². The average Bonchev–Trinajstić information content (AvgIpc) is 3.17. The lowest BCUT2D eigenvalue weighted by molar-refractivity contribution is -0.129. The van der Waals surface area contributed by atoms with Gasteiger partial charge in [0, 0.05) is 39.1 Å². The quantitative estimate of drug-likeness (QED) is 0.851. The van der Waals surface area contributed by atoms with Gasteiger partial charge in [-0.15, -0.1) is 0 Å². The van der Waals surface area contributed by atoms with E-state index in [9.17, 15) is 9.59 Å². The summed E-state index contributed by atoms with van der Waals surface area (Å²) in [6, 6.07) is 3.66. The van der Waals surface area contributed by atoms with Crippen LogP contribution in [-0.4, -0.2) is 54.3 Å². The number of rotatable bonds is 6. The van der Waals surface area contributed by atoms with Crippen LogP contribution in [-0.2, 0) is 16.1 Å². The lowest BCUT2D eigenvalue weighted by Gasteiger charge is -2.34. The van der Waals surface area contributed by atoms with Gasteiger partial charge in [0.1, 0.15) is 5.76 Å². The number of piperidine rings is 1. The molecule has 138 valence electrons. The smallest absolute Gasteiger partial charge is 0.225 e. The van der Waals surface area contributed by atoms with E-state index >= 15 is 0 Å². The van der Waals surface area contributed by atoms with Gasteiger partial charge in [-0.25, -0.2) is 0 Å². The highest BCUT2D eigenvalue weighted by Gasteiger charge is 2.34. The molecule has 0 bridgehead atoms. The van der Waals surface area contributed by atoms with Crippen LogP contribution in [0.1, 0.15) is 32.4 Å². The standard InChI is InChI=1S/C19H29N3O3/c1-14-8-15(2)11-21(10-14)6-5-20-19(24)16-9-18(23)22(12-16)13-17-4-3-7-25-17/h3-4,7,14-16H,5-6,8-13H2,1-2H3,(H,20,24). The molecule has 25 heavy (non-hydrogen) atoms. The topological polar surface area (TPSA) is 65.8 Å². The summed E-state index contributed by atoms with van der Waals surface area (Å²) < 4.78 is 5.29. The second-order valence-corrected chi connectivity index (χ2v) is 7.75. The summed E-state index contributed by atoms with van der Waals surface area (Å²) in [7, 11) is 0. The summed E-state index contributed by atoms with van der Waals surface area (Å²) in [5, 5.41) is 3.02. The van der Waals surface area contributed by atoms with Gasteiger partial charge in [0.25, 0.3) is 0 Å². The van der Waals surface area contributed by atoms with Crippen molar-refractivity contribution in [2.24, 2.45) is 17.8 Å². The highest BCUT2D eigenvalue weighted by atomic mass is 16.3. The summed E-state index contributed by atoms with van der Waals surface area (Å²) in [6.07, 6.45) is 3.19. The number of furan rings is 1. The molecule has 3 rings (SSSR count). The third-order valence-corrected chi connectivity index (χ3v) is 5.18. The second kappa shape index (κ2) is 8.04. The first kappa shape index (κ1) is 18.0. The fraction of sp³-hybridized carbons (Fsp3) is 0.684. The predicted octanol–water partition coefficient (Wildman–Crippen LogP) is 1.72. The Balaban J connectivity index is 1.40. The van der Waals surface area contributed by atoms with Crippen LogP contribution in [0.2, 0.25) is 0 Å². The summed E-state index contributed by atoms with van der Waals surface area (Å²) in [6.45, 7) is 9.26. The number of hydrogen-bond donors (Lipinski definition) is 1. The number of hydrogen-bond acceptors (Lipinski definition) is 4. The van der Waals surface area contributed by atoms with Gasteiger partial charge >= 0.3 is 0 Å². The van der Waals surface area contributed by atoms with E-state index in [1.807, 2.05) is 12.1 Å². The van der Waals surface area contributed by atoms with Crippen LogP contribution < -0.4 is 5.32 Å². The Morgan fingerprint density at radius 1 is 1.28 bits per heavy atom. The van der Waals surface area contributed by atoms with Crippen molar-refractivity contribution >= 4 is 11.8 Å². The Kier molecular flexibility index (Phi) is 5.78. The fourth-order valence-corrected chi connectivity index (χ4v) is 4.15. The fourth-order valence-electron chi connectivity index (χ4n) is 4.15. The van der Waals surface area contributed by atoms with Crippen molar-refractivity contribution in [1.29, 1.82) is 0 Å². The number of likely N-dealkylation sites (tertiary alicyclic amines) is 2. The van der Waals surface area contributed by atoms with E-state index in [0.29, 0.717) is 26.1 Å². The predicted molar refractivity (Wildman–Crippen MR) is 94.6 cm³/mol. The van der Waals surface area contributed by atoms with Crippen LogP contribution >= 0.6 is 0 Å². The van der Waals surface area contributed by atoms with E-state index in [4.69, 9.17) is 4.42 Å². The Morgan fingerprint density at radius 3 is 2.72 bits per heavy atom. The van der Waals surface area contributed by atoms with Gasteiger partial charge in [-0.1, -0.05) is 13.8 Å². The van der Waals surface area contributed by atoms with Crippen molar-refractivity contribution in [2.75, 3.05) is 32.7 Å². The maximum absolute atomic E-state index is 12.4. The van der Waals surface area contributed by atoms with Gasteiger partial charge in [-0.3, -0.25) is 9.59 Å². The van der Waals surface area contributed by atoms with Crippen LogP contribution in [0.3, 0.4) is 0 Å². The molecule has 0 radical (unpaired) electrons. The van der Waals surface area contributed by atoms with Crippen LogP contribution in [0.15, 0.2) is 22.8 Å². The summed E-state index contributed by atoms with van der Waals surface area (Å²) in [5.74, 6) is 1.97. The molecule has 0 aliphatic carbocycles. The van der Waals surface area contributed by atoms with Gasteiger partial charge in [0.05, 0.1) is 18.7 Å². The zero-order chi connectivity index (χ0) is 17.8. The number of amides is 2. The third kappa shape index (κ3) is 4.84. The largest absolute Gasteiger partial charge is 0.467 e. The second-order valence-electron chi connectivity index (χ2n) is 7.75. The molecule has 1 N–H and O–H groups in total. The van der Waals surface area contributed by atoms with Gasteiger partial charge in [0.2, 0.25) is 11.8 Å².